The van der Waals surface area contributed by atoms with Gasteiger partial charge in [0.05, 0.1) is 10.1 Å². The first-order valence-electron chi connectivity index (χ1n) is 4.70. The predicted molar refractivity (Wildman–Crippen MR) is 56.6 cm³/mol. The lowest BCUT2D eigenvalue weighted by molar-refractivity contribution is -0.139. The van der Waals surface area contributed by atoms with Crippen LogP contribution in [0.2, 0.25) is 0 Å². The maximum atomic E-state index is 12.0. The van der Waals surface area contributed by atoms with E-state index in [1.807, 2.05) is 0 Å². The first-order valence-corrected chi connectivity index (χ1v) is 6.25. The lowest BCUT2D eigenvalue weighted by Gasteiger charge is -2.06. The Morgan fingerprint density at radius 2 is 1.94 bits per heavy atom. The number of carboxylic acid groups (broad SMARTS) is 1. The van der Waals surface area contributed by atoms with Crippen molar-refractivity contribution < 1.29 is 18.3 Å². The van der Waals surface area contributed by atoms with Gasteiger partial charge in [0.1, 0.15) is 5.54 Å². The minimum absolute atomic E-state index is 0.0282. The summed E-state index contributed by atoms with van der Waals surface area (Å²) in [6.45, 7) is 0. The monoisotopic (exact) mass is 241 g/mol. The minimum Gasteiger partial charge on any atom is -0.480 e. The Kier molecular flexibility index (Phi) is 2.28. The van der Waals surface area contributed by atoms with E-state index in [9.17, 15) is 13.2 Å². The molecule has 0 radical (unpaired) electrons. The average molecular weight is 241 g/mol. The molecule has 3 N–H and O–H groups in total. The van der Waals surface area contributed by atoms with Crippen molar-refractivity contribution in [3.05, 3.63) is 30.3 Å². The Bertz CT molecular complexity index is 525. The van der Waals surface area contributed by atoms with E-state index >= 15 is 0 Å². The molecule has 16 heavy (non-hydrogen) atoms. The quantitative estimate of drug-likeness (QED) is 0.777. The van der Waals surface area contributed by atoms with Crippen LogP contribution < -0.4 is 5.73 Å². The van der Waals surface area contributed by atoms with Crippen LogP contribution in [0.25, 0.3) is 0 Å². The second-order valence-corrected chi connectivity index (χ2v) is 6.03. The van der Waals surface area contributed by atoms with Crippen molar-refractivity contribution in [3.8, 4) is 0 Å². The van der Waals surface area contributed by atoms with Gasteiger partial charge >= 0.3 is 5.97 Å². The van der Waals surface area contributed by atoms with Gasteiger partial charge in [0, 0.05) is 0 Å². The maximum Gasteiger partial charge on any atom is 0.325 e. The van der Waals surface area contributed by atoms with Crippen molar-refractivity contribution >= 4 is 15.8 Å². The Balaban J connectivity index is 2.35. The molecule has 0 unspecified atom stereocenters. The van der Waals surface area contributed by atoms with Crippen molar-refractivity contribution in [1.29, 1.82) is 0 Å². The van der Waals surface area contributed by atoms with Crippen molar-refractivity contribution in [3.63, 3.8) is 0 Å². The Morgan fingerprint density at radius 3 is 2.38 bits per heavy atom. The van der Waals surface area contributed by atoms with Crippen molar-refractivity contribution in [2.24, 2.45) is 5.73 Å². The van der Waals surface area contributed by atoms with Gasteiger partial charge in [0.2, 0.25) is 0 Å². The number of aliphatic carboxylic acids is 1. The molecule has 0 amide bonds. The smallest absolute Gasteiger partial charge is 0.325 e. The molecule has 1 aliphatic carbocycles. The zero-order valence-corrected chi connectivity index (χ0v) is 9.15. The fourth-order valence-electron chi connectivity index (χ4n) is 1.63. The van der Waals surface area contributed by atoms with Crippen LogP contribution in [-0.4, -0.2) is 30.3 Å². The molecule has 2 rings (SSSR count). The van der Waals surface area contributed by atoms with Gasteiger partial charge in [0.25, 0.3) is 0 Å². The molecule has 1 aliphatic rings. The van der Waals surface area contributed by atoms with Gasteiger partial charge in [0.15, 0.2) is 9.84 Å². The molecule has 0 aliphatic heterocycles. The molecular weight excluding hydrogens is 230 g/mol. The number of benzene rings is 1. The highest BCUT2D eigenvalue weighted by molar-refractivity contribution is 7.92. The van der Waals surface area contributed by atoms with Crippen LogP contribution >= 0.6 is 0 Å². The van der Waals surface area contributed by atoms with Gasteiger partial charge in [-0.25, -0.2) is 8.42 Å². The fourth-order valence-corrected chi connectivity index (χ4v) is 3.65. The highest BCUT2D eigenvalue weighted by Crippen LogP contribution is 2.42. The van der Waals surface area contributed by atoms with Gasteiger partial charge in [-0.3, -0.25) is 4.79 Å². The number of carboxylic acids is 1. The fraction of sp³-hybridized carbons (Fsp3) is 0.300. The number of carbonyl (C=O) groups is 1. The maximum absolute atomic E-state index is 12.0. The summed E-state index contributed by atoms with van der Waals surface area (Å²) >= 11 is 0. The van der Waals surface area contributed by atoms with Crippen molar-refractivity contribution in [2.45, 2.75) is 22.1 Å². The van der Waals surface area contributed by atoms with E-state index in [1.165, 1.54) is 12.1 Å². The zero-order chi connectivity index (χ0) is 12.0. The third-order valence-electron chi connectivity index (χ3n) is 2.78. The predicted octanol–water partition coefficient (Wildman–Crippen LogP) is 0.0147. The average Bonchev–Trinajstić information content (AvgIpc) is 2.95. The largest absolute Gasteiger partial charge is 0.480 e. The minimum atomic E-state index is -3.62. The molecule has 1 aromatic carbocycles. The summed E-state index contributed by atoms with van der Waals surface area (Å²) in [5, 5.41) is 7.79. The molecule has 86 valence electrons. The molecule has 0 bridgehead atoms. The molecule has 0 aromatic heterocycles. The normalized spacial score (nSPS) is 28.7. The van der Waals surface area contributed by atoms with Crippen LogP contribution in [0.5, 0.6) is 0 Å². The van der Waals surface area contributed by atoms with Crippen molar-refractivity contribution in [1.82, 2.24) is 0 Å². The number of hydrogen-bond acceptors (Lipinski definition) is 4. The lowest BCUT2D eigenvalue weighted by Crippen LogP contribution is -2.38. The Labute approximate surface area is 92.8 Å². The van der Waals surface area contributed by atoms with Gasteiger partial charge in [-0.15, -0.1) is 0 Å². The van der Waals surface area contributed by atoms with Crippen LogP contribution in [0.4, 0.5) is 0 Å². The van der Waals surface area contributed by atoms with E-state index < -0.39 is 26.6 Å². The summed E-state index contributed by atoms with van der Waals surface area (Å²) in [5.74, 6) is -1.27. The van der Waals surface area contributed by atoms with E-state index in [-0.39, 0.29) is 11.3 Å². The topological polar surface area (TPSA) is 97.5 Å². The molecule has 6 heteroatoms. The van der Waals surface area contributed by atoms with E-state index in [4.69, 9.17) is 10.8 Å². The van der Waals surface area contributed by atoms with Gasteiger partial charge in [-0.2, -0.15) is 0 Å². The second-order valence-electron chi connectivity index (χ2n) is 3.90. The van der Waals surface area contributed by atoms with Crippen LogP contribution in [0.15, 0.2) is 35.2 Å². The standard InChI is InChI=1S/C10H11NO4S/c11-10(9(12)13)6-8(10)16(14,15)7-4-2-1-3-5-7/h1-5,8H,6,11H2,(H,12,13)/t8-,10-/m1/s1. The van der Waals surface area contributed by atoms with E-state index in [2.05, 4.69) is 0 Å². The van der Waals surface area contributed by atoms with Gasteiger partial charge in [-0.05, 0) is 18.6 Å². The SMILES string of the molecule is N[C@]1(C(=O)O)C[C@H]1S(=O)(=O)c1ccccc1. The first-order chi connectivity index (χ1) is 7.39. The third kappa shape index (κ3) is 1.50. The highest BCUT2D eigenvalue weighted by Gasteiger charge is 2.64. The first kappa shape index (κ1) is 11.1. The molecule has 1 fully saturated rings. The molecule has 1 saturated carbocycles. The third-order valence-corrected chi connectivity index (χ3v) is 5.05. The molecule has 0 spiro atoms. The summed E-state index contributed by atoms with van der Waals surface area (Å²) in [6.07, 6.45) is -0.0282. The van der Waals surface area contributed by atoms with Crippen LogP contribution in [0, 0.1) is 0 Å². The summed E-state index contributed by atoms with van der Waals surface area (Å²) in [5.41, 5.74) is 3.86. The number of nitrogens with two attached hydrogens (primary N) is 1. The number of rotatable bonds is 3. The molecule has 5 nitrogen and oxygen atoms in total. The van der Waals surface area contributed by atoms with Crippen LogP contribution in [-0.2, 0) is 14.6 Å². The summed E-state index contributed by atoms with van der Waals surface area (Å²) in [7, 11) is -3.62. The Hall–Kier alpha value is -1.40. The summed E-state index contributed by atoms with van der Waals surface area (Å²) in [6, 6.07) is 7.76. The Morgan fingerprint density at radius 1 is 1.38 bits per heavy atom. The molecule has 0 heterocycles. The van der Waals surface area contributed by atoms with E-state index in [0.29, 0.717) is 0 Å². The molecular formula is C10H11NO4S. The van der Waals surface area contributed by atoms with E-state index in [1.54, 1.807) is 18.2 Å². The zero-order valence-electron chi connectivity index (χ0n) is 8.33. The summed E-state index contributed by atoms with van der Waals surface area (Å²) < 4.78 is 23.9. The van der Waals surface area contributed by atoms with Gasteiger partial charge in [-0.1, -0.05) is 18.2 Å². The molecule has 1 aromatic rings. The highest BCUT2D eigenvalue weighted by atomic mass is 32.2. The number of hydrogen-bond donors (Lipinski definition) is 2. The van der Waals surface area contributed by atoms with Crippen LogP contribution in [0.1, 0.15) is 6.42 Å². The van der Waals surface area contributed by atoms with E-state index in [0.717, 1.165) is 0 Å². The van der Waals surface area contributed by atoms with Crippen molar-refractivity contribution in [2.75, 3.05) is 0 Å². The summed E-state index contributed by atoms with van der Waals surface area (Å²) in [4.78, 5) is 10.9. The second kappa shape index (κ2) is 3.29. The van der Waals surface area contributed by atoms with Crippen LogP contribution in [0.3, 0.4) is 0 Å². The van der Waals surface area contributed by atoms with Gasteiger partial charge < -0.3 is 10.8 Å². The number of sulfone groups is 1. The molecule has 2 atom stereocenters. The molecule has 0 saturated heterocycles. The lowest BCUT2D eigenvalue weighted by atomic mass is 10.3.